The fourth-order valence-electron chi connectivity index (χ4n) is 3.95. The number of hydrogen-bond acceptors (Lipinski definition) is 7. The summed E-state index contributed by atoms with van der Waals surface area (Å²) in [6, 6.07) is -3.30. The monoisotopic (exact) mass is 411 g/mol. The lowest BCUT2D eigenvalue weighted by Gasteiger charge is -2.33. The molecule has 10 heteroatoms. The molecule has 0 aliphatic carbocycles. The Morgan fingerprint density at radius 2 is 1.59 bits per heavy atom. The van der Waals surface area contributed by atoms with Crippen molar-refractivity contribution >= 4 is 17.7 Å². The first-order valence-corrected chi connectivity index (χ1v) is 10.0. The summed E-state index contributed by atoms with van der Waals surface area (Å²) in [4.78, 5) is 41.4. The van der Waals surface area contributed by atoms with Crippen LogP contribution in [0.3, 0.4) is 0 Å². The van der Waals surface area contributed by atoms with E-state index in [4.69, 9.17) is 11.5 Å². The van der Waals surface area contributed by atoms with Crippen LogP contribution in [0.1, 0.15) is 39.5 Å². The zero-order valence-corrected chi connectivity index (χ0v) is 17.1. The summed E-state index contributed by atoms with van der Waals surface area (Å²) in [7, 11) is 0. The third kappa shape index (κ3) is 5.06. The number of aliphatic hydroxyl groups excluding tert-OH is 2. The molecule has 7 N–H and O–H groups in total. The molecular formula is C19H33N5O5. The van der Waals surface area contributed by atoms with Crippen LogP contribution in [-0.4, -0.2) is 87.2 Å². The zero-order chi connectivity index (χ0) is 21.9. The molecule has 2 saturated heterocycles. The number of nitrogens with two attached hydrogens (primary N) is 2. The van der Waals surface area contributed by atoms with Gasteiger partial charge in [0.15, 0.2) is 0 Å². The van der Waals surface area contributed by atoms with Crippen molar-refractivity contribution in [3.05, 3.63) is 12.3 Å². The molecule has 164 valence electrons. The molecule has 2 aliphatic rings. The molecular weight excluding hydrogens is 378 g/mol. The third-order valence-corrected chi connectivity index (χ3v) is 5.64. The summed E-state index contributed by atoms with van der Waals surface area (Å²) in [6.45, 7) is 7.29. The van der Waals surface area contributed by atoms with Crippen LogP contribution in [0.2, 0.25) is 0 Å². The van der Waals surface area contributed by atoms with Gasteiger partial charge in [0.25, 0.3) is 0 Å². The molecule has 10 nitrogen and oxygen atoms in total. The van der Waals surface area contributed by atoms with Gasteiger partial charge in [-0.2, -0.15) is 0 Å². The highest BCUT2D eigenvalue weighted by Gasteiger charge is 2.43. The largest absolute Gasteiger partial charge is 0.401 e. The van der Waals surface area contributed by atoms with Crippen molar-refractivity contribution in [3.8, 4) is 0 Å². The van der Waals surface area contributed by atoms with Crippen LogP contribution in [-0.2, 0) is 14.4 Å². The van der Waals surface area contributed by atoms with Crippen molar-refractivity contribution in [1.29, 1.82) is 0 Å². The van der Waals surface area contributed by atoms with Crippen LogP contribution in [0, 0.1) is 0 Å². The number of carbonyl (C=O) groups is 3. The van der Waals surface area contributed by atoms with Gasteiger partial charge in [0.1, 0.15) is 18.1 Å². The topological polar surface area (TPSA) is 162 Å². The minimum absolute atomic E-state index is 0.129. The second kappa shape index (κ2) is 9.55. The number of carbonyl (C=O) groups excluding carboxylic acids is 3. The number of amides is 3. The van der Waals surface area contributed by atoms with Gasteiger partial charge < -0.3 is 36.8 Å². The summed E-state index contributed by atoms with van der Waals surface area (Å²) >= 11 is 0. The molecule has 2 heterocycles. The van der Waals surface area contributed by atoms with Gasteiger partial charge in [-0.3, -0.25) is 14.4 Å². The minimum Gasteiger partial charge on any atom is -0.401 e. The standard InChI is InChI=1S/C19H33N5O5/c1-10(20)16(12(3)26)22-17(27)13-6-4-8-23(13)18(28)14-7-5-9-24(14)19(29)15(21)11(2)25/h11-16,25-26H,1,4-9,20-21H2,2-3H3,(H,22,27)/t11-,12-,13+,14+,15?,16-/m1/s1. The van der Waals surface area contributed by atoms with Gasteiger partial charge in [-0.25, -0.2) is 0 Å². The lowest BCUT2D eigenvalue weighted by Crippen LogP contribution is -2.57. The van der Waals surface area contributed by atoms with Crippen molar-refractivity contribution in [1.82, 2.24) is 15.1 Å². The van der Waals surface area contributed by atoms with E-state index in [9.17, 15) is 24.6 Å². The van der Waals surface area contributed by atoms with E-state index in [0.29, 0.717) is 38.8 Å². The second-order valence-corrected chi connectivity index (χ2v) is 7.95. The van der Waals surface area contributed by atoms with E-state index in [2.05, 4.69) is 11.9 Å². The van der Waals surface area contributed by atoms with Gasteiger partial charge in [-0.1, -0.05) is 6.58 Å². The molecule has 0 aromatic rings. The molecule has 2 aliphatic heterocycles. The Morgan fingerprint density at radius 3 is 2.10 bits per heavy atom. The summed E-state index contributed by atoms with van der Waals surface area (Å²) in [5, 5.41) is 22.1. The molecule has 0 aromatic heterocycles. The molecule has 0 aromatic carbocycles. The maximum absolute atomic E-state index is 13.2. The molecule has 1 unspecified atom stereocenters. The lowest BCUT2D eigenvalue weighted by atomic mass is 10.1. The average molecular weight is 412 g/mol. The summed E-state index contributed by atoms with van der Waals surface area (Å²) in [6.07, 6.45) is 0.321. The first-order valence-electron chi connectivity index (χ1n) is 10.0. The van der Waals surface area contributed by atoms with Gasteiger partial charge in [0.2, 0.25) is 17.7 Å². The molecule has 2 fully saturated rings. The smallest absolute Gasteiger partial charge is 0.246 e. The Morgan fingerprint density at radius 1 is 1.03 bits per heavy atom. The number of nitrogens with one attached hydrogen (secondary N) is 1. The number of likely N-dealkylation sites (tertiary alicyclic amines) is 2. The van der Waals surface area contributed by atoms with Crippen molar-refractivity contribution < 1.29 is 24.6 Å². The highest BCUT2D eigenvalue weighted by atomic mass is 16.3. The van der Waals surface area contributed by atoms with E-state index in [1.807, 2.05) is 0 Å². The van der Waals surface area contributed by atoms with Crippen LogP contribution >= 0.6 is 0 Å². The first-order chi connectivity index (χ1) is 13.6. The molecule has 0 saturated carbocycles. The highest BCUT2D eigenvalue weighted by Crippen LogP contribution is 2.26. The summed E-state index contributed by atoms with van der Waals surface area (Å²) in [5.41, 5.74) is 11.6. The van der Waals surface area contributed by atoms with Crippen LogP contribution in [0.4, 0.5) is 0 Å². The van der Waals surface area contributed by atoms with E-state index >= 15 is 0 Å². The molecule has 6 atom stereocenters. The molecule has 0 radical (unpaired) electrons. The first kappa shape index (κ1) is 23.1. The van der Waals surface area contributed by atoms with E-state index < -0.39 is 48.2 Å². The number of rotatable bonds is 7. The Kier molecular flexibility index (Phi) is 7.61. The van der Waals surface area contributed by atoms with Crippen molar-refractivity contribution in [2.24, 2.45) is 11.5 Å². The van der Waals surface area contributed by atoms with E-state index in [0.717, 1.165) is 0 Å². The van der Waals surface area contributed by atoms with Crippen LogP contribution in [0.25, 0.3) is 0 Å². The van der Waals surface area contributed by atoms with Gasteiger partial charge >= 0.3 is 0 Å². The lowest BCUT2D eigenvalue weighted by molar-refractivity contribution is -0.148. The fourth-order valence-corrected chi connectivity index (χ4v) is 3.95. The van der Waals surface area contributed by atoms with Crippen molar-refractivity contribution in [2.75, 3.05) is 13.1 Å². The van der Waals surface area contributed by atoms with E-state index in [1.54, 1.807) is 0 Å². The predicted octanol–water partition coefficient (Wildman–Crippen LogP) is -1.99. The van der Waals surface area contributed by atoms with Crippen LogP contribution in [0.5, 0.6) is 0 Å². The third-order valence-electron chi connectivity index (χ3n) is 5.64. The molecule has 29 heavy (non-hydrogen) atoms. The number of nitrogens with zero attached hydrogens (tertiary/aromatic N) is 2. The highest BCUT2D eigenvalue weighted by molar-refractivity contribution is 5.94. The average Bonchev–Trinajstić information content (AvgIpc) is 3.32. The van der Waals surface area contributed by atoms with Gasteiger partial charge in [0.05, 0.1) is 18.2 Å². The van der Waals surface area contributed by atoms with E-state index in [-0.39, 0.29) is 11.6 Å². The maximum atomic E-state index is 13.2. The maximum Gasteiger partial charge on any atom is 0.246 e. The Bertz CT molecular complexity index is 653. The Labute approximate surface area is 170 Å². The quantitative estimate of drug-likeness (QED) is 0.324. The van der Waals surface area contributed by atoms with Crippen molar-refractivity contribution in [2.45, 2.75) is 75.9 Å². The zero-order valence-electron chi connectivity index (χ0n) is 17.1. The van der Waals surface area contributed by atoms with Crippen LogP contribution in [0.15, 0.2) is 12.3 Å². The molecule has 2 rings (SSSR count). The number of aliphatic hydroxyl groups is 2. The Balaban J connectivity index is 2.11. The normalized spacial score (nSPS) is 26.0. The number of hydrogen-bond donors (Lipinski definition) is 5. The Hall–Kier alpha value is -2.17. The predicted molar refractivity (Wildman–Crippen MR) is 106 cm³/mol. The summed E-state index contributed by atoms with van der Waals surface area (Å²) < 4.78 is 0. The molecule has 3 amide bonds. The van der Waals surface area contributed by atoms with Crippen molar-refractivity contribution in [3.63, 3.8) is 0 Å². The van der Waals surface area contributed by atoms with Crippen LogP contribution < -0.4 is 16.8 Å². The van der Waals surface area contributed by atoms with E-state index in [1.165, 1.54) is 23.6 Å². The SMILES string of the molecule is C=C(N)[C@@H](NC(=O)[C@@H]1CCCN1C(=O)[C@@H]1CCCN1C(=O)C(N)[C@@H](C)O)[C@@H](C)O. The second-order valence-electron chi connectivity index (χ2n) is 7.95. The molecule has 0 bridgehead atoms. The van der Waals surface area contributed by atoms with Gasteiger partial charge in [-0.05, 0) is 39.5 Å². The minimum atomic E-state index is -1.09. The summed E-state index contributed by atoms with van der Waals surface area (Å²) in [5.74, 6) is -1.18. The fraction of sp³-hybridized carbons (Fsp3) is 0.737. The molecule has 0 spiro atoms. The van der Waals surface area contributed by atoms with Gasteiger partial charge in [0, 0.05) is 18.8 Å². The van der Waals surface area contributed by atoms with Gasteiger partial charge in [-0.15, -0.1) is 0 Å².